The highest BCUT2D eigenvalue weighted by Gasteiger charge is 2.40. The Labute approximate surface area is 123 Å². The van der Waals surface area contributed by atoms with E-state index in [1.807, 2.05) is 0 Å². The number of ether oxygens (including phenoxy) is 1. The first-order chi connectivity index (χ1) is 9.54. The summed E-state index contributed by atoms with van der Waals surface area (Å²) in [6.07, 6.45) is 0. The summed E-state index contributed by atoms with van der Waals surface area (Å²) in [6, 6.07) is 6.12. The first kappa shape index (κ1) is 17.4. The maximum absolute atomic E-state index is 12.2. The molecule has 3 N–H and O–H groups in total. The molecule has 21 heavy (non-hydrogen) atoms. The monoisotopic (exact) mass is 300 g/mol. The standard InChI is InChI=1S/C15H22F2N2O2/c1-14(2,15(3,4)18)12(20)19-9-10-5-7-11(8-6-10)21-13(16)17/h5-8,13H,9,18H2,1-4H3,(H,19,20). The summed E-state index contributed by atoms with van der Waals surface area (Å²) in [7, 11) is 0. The molecule has 6 heteroatoms. The highest BCUT2D eigenvalue weighted by Crippen LogP contribution is 2.28. The number of halogens is 2. The number of hydrogen-bond donors (Lipinski definition) is 2. The molecule has 0 unspecified atom stereocenters. The van der Waals surface area contributed by atoms with Crippen molar-refractivity contribution in [1.82, 2.24) is 5.32 Å². The molecule has 0 atom stereocenters. The minimum absolute atomic E-state index is 0.0866. The van der Waals surface area contributed by atoms with Gasteiger partial charge < -0.3 is 15.8 Å². The highest BCUT2D eigenvalue weighted by molar-refractivity contribution is 5.83. The molecule has 1 aromatic rings. The molecule has 0 saturated heterocycles. The fourth-order valence-electron chi connectivity index (χ4n) is 1.48. The number of hydrogen-bond acceptors (Lipinski definition) is 3. The molecule has 0 aliphatic heterocycles. The van der Waals surface area contributed by atoms with Gasteiger partial charge in [-0.25, -0.2) is 0 Å². The van der Waals surface area contributed by atoms with Crippen molar-refractivity contribution >= 4 is 5.91 Å². The summed E-state index contributed by atoms with van der Waals surface area (Å²) < 4.78 is 28.3. The Balaban J connectivity index is 2.61. The maximum atomic E-state index is 12.2. The molecule has 0 heterocycles. The Morgan fingerprint density at radius 1 is 1.24 bits per heavy atom. The van der Waals surface area contributed by atoms with E-state index >= 15 is 0 Å². The number of carbonyl (C=O) groups excluding carboxylic acids is 1. The number of benzene rings is 1. The van der Waals surface area contributed by atoms with Crippen molar-refractivity contribution in [2.75, 3.05) is 0 Å². The van der Waals surface area contributed by atoms with Gasteiger partial charge in [0.25, 0.3) is 0 Å². The van der Waals surface area contributed by atoms with Gasteiger partial charge in [-0.1, -0.05) is 12.1 Å². The minimum atomic E-state index is -2.84. The Bertz CT molecular complexity index is 479. The van der Waals surface area contributed by atoms with Gasteiger partial charge in [-0.2, -0.15) is 8.78 Å². The van der Waals surface area contributed by atoms with Crippen molar-refractivity contribution in [1.29, 1.82) is 0 Å². The van der Waals surface area contributed by atoms with E-state index in [0.29, 0.717) is 6.54 Å². The largest absolute Gasteiger partial charge is 0.435 e. The topological polar surface area (TPSA) is 64.4 Å². The van der Waals surface area contributed by atoms with E-state index in [2.05, 4.69) is 10.1 Å². The van der Waals surface area contributed by atoms with Crippen LogP contribution in [0.5, 0.6) is 5.75 Å². The second-order valence-electron chi connectivity index (χ2n) is 6.05. The lowest BCUT2D eigenvalue weighted by atomic mass is 9.74. The van der Waals surface area contributed by atoms with Crippen molar-refractivity contribution in [2.45, 2.75) is 46.4 Å². The van der Waals surface area contributed by atoms with E-state index < -0.39 is 17.6 Å². The molecule has 0 spiro atoms. The molecule has 0 aliphatic rings. The van der Waals surface area contributed by atoms with Gasteiger partial charge in [0.1, 0.15) is 5.75 Å². The lowest BCUT2D eigenvalue weighted by Gasteiger charge is -2.36. The summed E-state index contributed by atoms with van der Waals surface area (Å²) in [5, 5.41) is 2.80. The predicted molar refractivity (Wildman–Crippen MR) is 77.0 cm³/mol. The molecule has 0 fully saturated rings. The van der Waals surface area contributed by atoms with E-state index in [4.69, 9.17) is 5.73 Å². The zero-order valence-corrected chi connectivity index (χ0v) is 12.7. The van der Waals surface area contributed by atoms with Crippen molar-refractivity contribution in [3.8, 4) is 5.75 Å². The number of alkyl halides is 2. The number of amides is 1. The van der Waals surface area contributed by atoms with Crippen LogP contribution in [0.3, 0.4) is 0 Å². The van der Waals surface area contributed by atoms with Crippen LogP contribution in [0.4, 0.5) is 8.78 Å². The smallest absolute Gasteiger partial charge is 0.387 e. The van der Waals surface area contributed by atoms with Gasteiger partial charge in [-0.15, -0.1) is 0 Å². The molecule has 0 aromatic heterocycles. The van der Waals surface area contributed by atoms with Crippen LogP contribution in [0.15, 0.2) is 24.3 Å². The van der Waals surface area contributed by atoms with Gasteiger partial charge in [0.15, 0.2) is 0 Å². The van der Waals surface area contributed by atoms with Gasteiger partial charge in [-0.3, -0.25) is 4.79 Å². The van der Waals surface area contributed by atoms with E-state index in [-0.39, 0.29) is 11.7 Å². The van der Waals surface area contributed by atoms with Gasteiger partial charge >= 0.3 is 6.61 Å². The van der Waals surface area contributed by atoms with Gasteiger partial charge in [0, 0.05) is 12.1 Å². The third-order valence-electron chi connectivity index (χ3n) is 3.78. The Morgan fingerprint density at radius 2 is 1.76 bits per heavy atom. The van der Waals surface area contributed by atoms with Crippen LogP contribution in [-0.4, -0.2) is 18.1 Å². The predicted octanol–water partition coefficient (Wildman–Crippen LogP) is 2.67. The molecular formula is C15H22F2N2O2. The quantitative estimate of drug-likeness (QED) is 0.849. The molecule has 1 amide bonds. The normalized spacial score (nSPS) is 12.4. The second-order valence-corrected chi connectivity index (χ2v) is 6.05. The number of nitrogens with two attached hydrogens (primary N) is 1. The molecule has 1 aromatic carbocycles. The first-order valence-electron chi connectivity index (χ1n) is 6.65. The lowest BCUT2D eigenvalue weighted by molar-refractivity contribution is -0.132. The Hall–Kier alpha value is -1.69. The third-order valence-corrected chi connectivity index (χ3v) is 3.78. The van der Waals surface area contributed by atoms with Crippen molar-refractivity contribution in [3.63, 3.8) is 0 Å². The minimum Gasteiger partial charge on any atom is -0.435 e. The van der Waals surface area contributed by atoms with Crippen LogP contribution in [0.2, 0.25) is 0 Å². The number of rotatable bonds is 6. The fourth-order valence-corrected chi connectivity index (χ4v) is 1.48. The van der Waals surface area contributed by atoms with E-state index in [1.54, 1.807) is 39.8 Å². The summed E-state index contributed by atoms with van der Waals surface area (Å²) in [5.41, 5.74) is 5.40. The highest BCUT2D eigenvalue weighted by atomic mass is 19.3. The first-order valence-corrected chi connectivity index (χ1v) is 6.65. The van der Waals surface area contributed by atoms with Crippen LogP contribution in [0.1, 0.15) is 33.3 Å². The Morgan fingerprint density at radius 3 is 2.19 bits per heavy atom. The van der Waals surface area contributed by atoms with Crippen molar-refractivity contribution in [3.05, 3.63) is 29.8 Å². The van der Waals surface area contributed by atoms with Crippen LogP contribution >= 0.6 is 0 Å². The van der Waals surface area contributed by atoms with Gasteiger partial charge in [0.05, 0.1) is 5.41 Å². The average Bonchev–Trinajstić information content (AvgIpc) is 2.35. The average molecular weight is 300 g/mol. The van der Waals surface area contributed by atoms with Crippen molar-refractivity contribution in [2.24, 2.45) is 11.1 Å². The molecule has 1 rings (SSSR count). The van der Waals surface area contributed by atoms with E-state index in [0.717, 1.165) is 5.56 Å². The van der Waals surface area contributed by atoms with Crippen molar-refractivity contribution < 1.29 is 18.3 Å². The van der Waals surface area contributed by atoms with Gasteiger partial charge in [-0.05, 0) is 45.4 Å². The summed E-state index contributed by atoms with van der Waals surface area (Å²) >= 11 is 0. The summed E-state index contributed by atoms with van der Waals surface area (Å²) in [5.74, 6) is -0.0774. The third kappa shape index (κ3) is 4.67. The zero-order valence-electron chi connectivity index (χ0n) is 12.7. The van der Waals surface area contributed by atoms with Gasteiger partial charge in [0.2, 0.25) is 5.91 Å². The van der Waals surface area contributed by atoms with Crippen LogP contribution < -0.4 is 15.8 Å². The summed E-state index contributed by atoms with van der Waals surface area (Å²) in [6.45, 7) is 4.60. The SMILES string of the molecule is CC(C)(N)C(C)(C)C(=O)NCc1ccc(OC(F)F)cc1. The molecule has 0 aliphatic carbocycles. The van der Waals surface area contributed by atoms with E-state index in [9.17, 15) is 13.6 Å². The van der Waals surface area contributed by atoms with Crippen LogP contribution in [-0.2, 0) is 11.3 Å². The lowest BCUT2D eigenvalue weighted by Crippen LogP contribution is -2.55. The molecule has 0 bridgehead atoms. The summed E-state index contributed by atoms with van der Waals surface area (Å²) in [4.78, 5) is 12.2. The number of nitrogens with one attached hydrogen (secondary N) is 1. The molecule has 0 radical (unpaired) electrons. The molecule has 0 saturated carbocycles. The van der Waals surface area contributed by atoms with Crippen LogP contribution in [0, 0.1) is 5.41 Å². The van der Waals surface area contributed by atoms with Crippen LogP contribution in [0.25, 0.3) is 0 Å². The Kier molecular flexibility index (Phi) is 5.28. The second kappa shape index (κ2) is 6.39. The molecule has 118 valence electrons. The molecule has 4 nitrogen and oxygen atoms in total. The zero-order chi connectivity index (χ0) is 16.3. The van der Waals surface area contributed by atoms with E-state index in [1.165, 1.54) is 12.1 Å². The number of carbonyl (C=O) groups is 1. The molecular weight excluding hydrogens is 278 g/mol. The maximum Gasteiger partial charge on any atom is 0.387 e. The fraction of sp³-hybridized carbons (Fsp3) is 0.533.